The summed E-state index contributed by atoms with van der Waals surface area (Å²) in [5.74, 6) is 0.0549. The zero-order valence-electron chi connectivity index (χ0n) is 11.0. The number of hydrogen-bond donors (Lipinski definition) is 1. The van der Waals surface area contributed by atoms with Crippen LogP contribution >= 0.6 is 34.8 Å². The number of halogens is 3. The second-order valence-corrected chi connectivity index (χ2v) is 6.34. The second kappa shape index (κ2) is 5.88. The van der Waals surface area contributed by atoms with Crippen molar-refractivity contribution in [3.05, 3.63) is 63.1 Å². The number of aryl methyl sites for hydroxylation is 1. The summed E-state index contributed by atoms with van der Waals surface area (Å²) in [5, 5.41) is 3.66. The van der Waals surface area contributed by atoms with Crippen molar-refractivity contribution in [3.8, 4) is 0 Å². The van der Waals surface area contributed by atoms with Gasteiger partial charge in [0, 0.05) is 22.2 Å². The molecule has 1 amide bonds. The molecule has 1 aliphatic heterocycles. The molecule has 1 aliphatic rings. The first kappa shape index (κ1) is 14.7. The van der Waals surface area contributed by atoms with Crippen LogP contribution in [0.15, 0.2) is 36.4 Å². The fourth-order valence-corrected chi connectivity index (χ4v) is 3.28. The van der Waals surface area contributed by atoms with Crippen LogP contribution in [0.4, 0.5) is 5.69 Å². The predicted molar refractivity (Wildman–Crippen MR) is 87.6 cm³/mol. The number of fused-ring (bicyclic) bond motifs is 1. The molecule has 2 aromatic carbocycles. The quantitative estimate of drug-likeness (QED) is 0.747. The van der Waals surface area contributed by atoms with Crippen molar-refractivity contribution >= 4 is 46.4 Å². The zero-order chi connectivity index (χ0) is 15.0. The van der Waals surface area contributed by atoms with E-state index in [1.165, 1.54) is 0 Å². The molecular formula is C16H12Cl3NO. The first-order valence-electron chi connectivity index (χ1n) is 6.55. The second-order valence-electron chi connectivity index (χ2n) is 5.03. The van der Waals surface area contributed by atoms with Gasteiger partial charge in [0.1, 0.15) is 0 Å². The minimum atomic E-state index is -0.330. The summed E-state index contributed by atoms with van der Waals surface area (Å²) in [7, 11) is 0. The number of alkyl halides is 1. The molecule has 3 rings (SSSR count). The number of carbonyl (C=O) groups excluding carboxylic acids is 1. The van der Waals surface area contributed by atoms with Crippen LogP contribution in [-0.2, 0) is 11.2 Å². The minimum Gasteiger partial charge on any atom is -0.326 e. The summed E-state index contributed by atoms with van der Waals surface area (Å²) in [6, 6.07) is 11.1. The summed E-state index contributed by atoms with van der Waals surface area (Å²) in [6.45, 7) is 0. The van der Waals surface area contributed by atoms with Gasteiger partial charge in [-0.15, -0.1) is 11.6 Å². The van der Waals surface area contributed by atoms with Crippen molar-refractivity contribution in [2.75, 3.05) is 5.32 Å². The Hall–Kier alpha value is -1.22. The van der Waals surface area contributed by atoms with E-state index in [-0.39, 0.29) is 11.3 Å². The van der Waals surface area contributed by atoms with Crippen LogP contribution in [0.3, 0.4) is 0 Å². The largest absolute Gasteiger partial charge is 0.326 e. The van der Waals surface area contributed by atoms with Crippen LogP contribution < -0.4 is 5.32 Å². The van der Waals surface area contributed by atoms with Crippen molar-refractivity contribution < 1.29 is 4.79 Å². The van der Waals surface area contributed by atoms with Crippen LogP contribution in [0.25, 0.3) is 0 Å². The number of carbonyl (C=O) groups is 1. The summed E-state index contributed by atoms with van der Waals surface area (Å²) < 4.78 is 0. The van der Waals surface area contributed by atoms with Gasteiger partial charge in [-0.2, -0.15) is 0 Å². The van der Waals surface area contributed by atoms with Gasteiger partial charge in [0.15, 0.2) is 0 Å². The Labute approximate surface area is 138 Å². The molecule has 1 unspecified atom stereocenters. The Morgan fingerprint density at radius 3 is 2.38 bits per heavy atom. The van der Waals surface area contributed by atoms with Crippen LogP contribution in [0.2, 0.25) is 10.0 Å². The lowest BCUT2D eigenvalue weighted by atomic mass is 9.97. The average Bonchev–Trinajstić information content (AvgIpc) is 2.45. The molecule has 1 heterocycles. The molecule has 5 heteroatoms. The van der Waals surface area contributed by atoms with E-state index in [1.807, 2.05) is 30.3 Å². The van der Waals surface area contributed by atoms with Crippen LogP contribution in [-0.4, -0.2) is 5.91 Å². The van der Waals surface area contributed by atoms with Gasteiger partial charge in [-0.3, -0.25) is 4.79 Å². The SMILES string of the molecule is O=C1CCc2cc(C(Cl)c3cc(Cl)cc(Cl)c3)ccc2N1. The van der Waals surface area contributed by atoms with E-state index in [4.69, 9.17) is 34.8 Å². The van der Waals surface area contributed by atoms with E-state index in [0.717, 1.165) is 28.8 Å². The van der Waals surface area contributed by atoms with Gasteiger partial charge < -0.3 is 5.32 Å². The molecule has 0 saturated carbocycles. The van der Waals surface area contributed by atoms with Gasteiger partial charge in [0.2, 0.25) is 5.91 Å². The fourth-order valence-electron chi connectivity index (χ4n) is 2.47. The Morgan fingerprint density at radius 2 is 1.67 bits per heavy atom. The summed E-state index contributed by atoms with van der Waals surface area (Å²) >= 11 is 18.6. The molecule has 2 aromatic rings. The highest BCUT2D eigenvalue weighted by Crippen LogP contribution is 2.35. The molecule has 0 bridgehead atoms. The van der Waals surface area contributed by atoms with Crippen LogP contribution in [0.1, 0.15) is 28.5 Å². The molecule has 0 fully saturated rings. The fraction of sp³-hybridized carbons (Fsp3) is 0.188. The smallest absolute Gasteiger partial charge is 0.224 e. The van der Waals surface area contributed by atoms with Gasteiger partial charge in [0.25, 0.3) is 0 Å². The minimum absolute atomic E-state index is 0.0549. The number of rotatable bonds is 2. The number of anilines is 1. The third-order valence-corrected chi connectivity index (χ3v) is 4.44. The monoisotopic (exact) mass is 339 g/mol. The van der Waals surface area contributed by atoms with E-state index in [2.05, 4.69) is 5.32 Å². The third kappa shape index (κ3) is 3.18. The molecule has 0 aliphatic carbocycles. The number of benzene rings is 2. The van der Waals surface area contributed by atoms with Gasteiger partial charge in [-0.1, -0.05) is 35.3 Å². The maximum Gasteiger partial charge on any atom is 0.224 e. The molecule has 0 aromatic heterocycles. The highest BCUT2D eigenvalue weighted by Gasteiger charge is 2.18. The first-order valence-corrected chi connectivity index (χ1v) is 7.75. The van der Waals surface area contributed by atoms with E-state index in [0.29, 0.717) is 16.5 Å². The molecule has 0 saturated heterocycles. The lowest BCUT2D eigenvalue weighted by molar-refractivity contribution is -0.116. The number of hydrogen-bond acceptors (Lipinski definition) is 1. The molecule has 0 spiro atoms. The van der Waals surface area contributed by atoms with Gasteiger partial charge in [0.05, 0.1) is 5.38 Å². The topological polar surface area (TPSA) is 29.1 Å². The Morgan fingerprint density at radius 1 is 0.952 bits per heavy atom. The van der Waals surface area contributed by atoms with Gasteiger partial charge in [-0.25, -0.2) is 0 Å². The summed E-state index contributed by atoms with van der Waals surface area (Å²) in [4.78, 5) is 11.4. The van der Waals surface area contributed by atoms with Crippen LogP contribution in [0, 0.1) is 0 Å². The Kier molecular flexibility index (Phi) is 4.12. The zero-order valence-corrected chi connectivity index (χ0v) is 13.3. The molecule has 21 heavy (non-hydrogen) atoms. The standard InChI is InChI=1S/C16H12Cl3NO/c17-12-6-11(7-13(18)8-12)16(19)10-1-3-14-9(5-10)2-4-15(21)20-14/h1,3,5-8,16H,2,4H2,(H,20,21). The lowest BCUT2D eigenvalue weighted by Gasteiger charge is -2.19. The van der Waals surface area contributed by atoms with Gasteiger partial charge in [-0.05, 0) is 47.4 Å². The predicted octanol–water partition coefficient (Wildman–Crippen LogP) is 5.21. The van der Waals surface area contributed by atoms with E-state index in [9.17, 15) is 4.79 Å². The first-order chi connectivity index (χ1) is 10.0. The van der Waals surface area contributed by atoms with E-state index < -0.39 is 0 Å². The normalized spacial score (nSPS) is 15.3. The van der Waals surface area contributed by atoms with Crippen molar-refractivity contribution in [2.45, 2.75) is 18.2 Å². The molecule has 108 valence electrons. The highest BCUT2D eigenvalue weighted by atomic mass is 35.5. The molecular weight excluding hydrogens is 329 g/mol. The molecule has 1 atom stereocenters. The van der Waals surface area contributed by atoms with Crippen molar-refractivity contribution in [1.82, 2.24) is 0 Å². The summed E-state index contributed by atoms with van der Waals surface area (Å²) in [6.07, 6.45) is 1.24. The van der Waals surface area contributed by atoms with E-state index >= 15 is 0 Å². The van der Waals surface area contributed by atoms with E-state index in [1.54, 1.807) is 6.07 Å². The maximum absolute atomic E-state index is 11.4. The number of nitrogens with one attached hydrogen (secondary N) is 1. The Balaban J connectivity index is 1.94. The third-order valence-electron chi connectivity index (χ3n) is 3.49. The molecule has 0 radical (unpaired) electrons. The van der Waals surface area contributed by atoms with Gasteiger partial charge >= 0.3 is 0 Å². The van der Waals surface area contributed by atoms with Crippen molar-refractivity contribution in [1.29, 1.82) is 0 Å². The van der Waals surface area contributed by atoms with Crippen molar-refractivity contribution in [2.24, 2.45) is 0 Å². The van der Waals surface area contributed by atoms with Crippen molar-refractivity contribution in [3.63, 3.8) is 0 Å². The molecule has 1 N–H and O–H groups in total. The summed E-state index contributed by atoms with van der Waals surface area (Å²) in [5.41, 5.74) is 3.78. The maximum atomic E-state index is 11.4. The lowest BCUT2D eigenvalue weighted by Crippen LogP contribution is -2.19. The Bertz CT molecular complexity index is 694. The average molecular weight is 341 g/mol. The molecule has 2 nitrogen and oxygen atoms in total. The highest BCUT2D eigenvalue weighted by molar-refractivity contribution is 6.35. The van der Waals surface area contributed by atoms with Crippen LogP contribution in [0.5, 0.6) is 0 Å². The number of amides is 1.